The molecule has 1 aromatic heterocycles. The van der Waals surface area contributed by atoms with Gasteiger partial charge in [0.25, 0.3) is 0 Å². The van der Waals surface area contributed by atoms with Gasteiger partial charge in [0.1, 0.15) is 13.2 Å². The molecule has 0 radical (unpaired) electrons. The van der Waals surface area contributed by atoms with Crippen molar-refractivity contribution in [3.05, 3.63) is 42.5 Å². The van der Waals surface area contributed by atoms with E-state index in [-0.39, 0.29) is 11.8 Å². The first-order valence-corrected chi connectivity index (χ1v) is 11.8. The molecule has 3 aromatic rings. The normalized spacial score (nSPS) is 17.3. The van der Waals surface area contributed by atoms with E-state index >= 15 is 0 Å². The van der Waals surface area contributed by atoms with E-state index in [2.05, 4.69) is 34.1 Å². The van der Waals surface area contributed by atoms with Crippen molar-refractivity contribution in [3.8, 4) is 0 Å². The minimum absolute atomic E-state index is 0.0372. The van der Waals surface area contributed by atoms with Gasteiger partial charge < -0.3 is 24.5 Å². The number of aryl methyl sites for hydroxylation is 1. The van der Waals surface area contributed by atoms with E-state index in [1.54, 1.807) is 4.90 Å². The van der Waals surface area contributed by atoms with Crippen LogP contribution in [0.25, 0.3) is 21.8 Å². The topological polar surface area (TPSA) is 79.2 Å². The number of likely N-dealkylation sites (tertiary alicyclic amines) is 1. The van der Waals surface area contributed by atoms with E-state index in [9.17, 15) is 9.59 Å². The van der Waals surface area contributed by atoms with Crippen LogP contribution < -0.4 is 5.32 Å². The van der Waals surface area contributed by atoms with E-state index in [0.717, 1.165) is 35.8 Å². The fraction of sp³-hybridized carbons (Fsp3) is 0.423. The molecule has 2 heterocycles. The van der Waals surface area contributed by atoms with Gasteiger partial charge >= 0.3 is 0 Å². The number of carbonyl (C=O) groups is 2. The van der Waals surface area contributed by atoms with Crippen molar-refractivity contribution < 1.29 is 14.4 Å². The smallest absolute Gasteiger partial charge is 0.247 e. The number of carbonyl (C=O) groups excluding carboxylic acids is 2. The molecule has 1 aliphatic rings. The summed E-state index contributed by atoms with van der Waals surface area (Å²) in [4.78, 5) is 34.8. The Labute approximate surface area is 200 Å². The van der Waals surface area contributed by atoms with Crippen LogP contribution in [-0.4, -0.2) is 72.2 Å². The maximum Gasteiger partial charge on any atom is 0.247 e. The minimum Gasteiger partial charge on any atom is -0.399 e. The zero-order valence-corrected chi connectivity index (χ0v) is 20.4. The largest absolute Gasteiger partial charge is 0.399 e. The molecule has 0 aliphatic carbocycles. The molecular weight excluding hydrogens is 430 g/mol. The number of amides is 2. The Morgan fingerprint density at radius 1 is 1.15 bits per heavy atom. The molecule has 0 saturated carbocycles. The fourth-order valence-corrected chi connectivity index (χ4v) is 4.78. The third kappa shape index (κ3) is 4.77. The number of para-hydroxylation sites is 1. The molecule has 1 saturated heterocycles. The molecule has 8 heteroatoms. The molecule has 0 unspecified atom stereocenters. The molecule has 0 spiro atoms. The molecule has 1 atom stereocenters. The van der Waals surface area contributed by atoms with Crippen LogP contribution in [0.3, 0.4) is 0 Å². The van der Waals surface area contributed by atoms with E-state index in [0.29, 0.717) is 30.8 Å². The summed E-state index contributed by atoms with van der Waals surface area (Å²) >= 11 is 0. The number of nitrogens with one attached hydrogen (secondary N) is 1. The first-order chi connectivity index (χ1) is 16.4. The van der Waals surface area contributed by atoms with Gasteiger partial charge in [-0.1, -0.05) is 23.4 Å². The van der Waals surface area contributed by atoms with Gasteiger partial charge in [0.15, 0.2) is 0 Å². The predicted octanol–water partition coefficient (Wildman–Crippen LogP) is 3.70. The molecular formula is C26H33N5O3. The number of nitrogens with zero attached hydrogens (tertiary/aromatic N) is 4. The lowest BCUT2D eigenvalue weighted by molar-refractivity contribution is -0.136. The van der Waals surface area contributed by atoms with Gasteiger partial charge in [-0.15, -0.1) is 0 Å². The molecule has 2 aromatic carbocycles. The van der Waals surface area contributed by atoms with Crippen molar-refractivity contribution in [1.29, 1.82) is 0 Å². The summed E-state index contributed by atoms with van der Waals surface area (Å²) in [7, 11) is 5.44. The second-order valence-electron chi connectivity index (χ2n) is 8.97. The van der Waals surface area contributed by atoms with Crippen LogP contribution in [0.1, 0.15) is 26.2 Å². The number of oxime groups is 1. The highest BCUT2D eigenvalue weighted by Crippen LogP contribution is 2.31. The summed E-state index contributed by atoms with van der Waals surface area (Å²) in [6.45, 7) is 4.13. The highest BCUT2D eigenvalue weighted by atomic mass is 16.6. The Morgan fingerprint density at radius 2 is 1.91 bits per heavy atom. The molecule has 1 aliphatic heterocycles. The zero-order chi connectivity index (χ0) is 24.2. The van der Waals surface area contributed by atoms with E-state index < -0.39 is 6.04 Å². The van der Waals surface area contributed by atoms with Crippen LogP contribution in [0, 0.1) is 0 Å². The van der Waals surface area contributed by atoms with Gasteiger partial charge in [0.2, 0.25) is 11.8 Å². The average molecular weight is 464 g/mol. The second-order valence-corrected chi connectivity index (χ2v) is 8.97. The van der Waals surface area contributed by atoms with Gasteiger partial charge in [0, 0.05) is 46.9 Å². The van der Waals surface area contributed by atoms with Gasteiger partial charge in [0.05, 0.1) is 12.3 Å². The Balaban J connectivity index is 1.56. The van der Waals surface area contributed by atoms with Gasteiger partial charge in [-0.3, -0.25) is 9.59 Å². The fourth-order valence-electron chi connectivity index (χ4n) is 4.78. The summed E-state index contributed by atoms with van der Waals surface area (Å²) in [5.74, 6) is -0.245. The van der Waals surface area contributed by atoms with E-state index in [1.165, 1.54) is 12.6 Å². The molecule has 1 N–H and O–H groups in total. The molecule has 2 amide bonds. The maximum absolute atomic E-state index is 13.3. The number of fused-ring (bicyclic) bond motifs is 3. The minimum atomic E-state index is -0.603. The highest BCUT2D eigenvalue weighted by molar-refractivity contribution is 6.11. The number of rotatable bonds is 8. The quantitative estimate of drug-likeness (QED) is 0.517. The monoisotopic (exact) mass is 463 g/mol. The van der Waals surface area contributed by atoms with Crippen molar-refractivity contribution in [1.82, 2.24) is 14.4 Å². The summed E-state index contributed by atoms with van der Waals surface area (Å²) in [6, 6.07) is 13.7. The third-order valence-corrected chi connectivity index (χ3v) is 6.35. The number of aromatic nitrogens is 1. The highest BCUT2D eigenvalue weighted by Gasteiger charge is 2.37. The third-order valence-electron chi connectivity index (χ3n) is 6.35. The van der Waals surface area contributed by atoms with E-state index in [1.807, 2.05) is 49.3 Å². The van der Waals surface area contributed by atoms with Crippen LogP contribution >= 0.6 is 0 Å². The molecule has 4 rings (SSSR count). The average Bonchev–Trinajstić information content (AvgIpc) is 3.38. The molecule has 1 fully saturated rings. The van der Waals surface area contributed by atoms with Crippen LogP contribution in [-0.2, 0) is 21.0 Å². The Bertz CT molecular complexity index is 1230. The van der Waals surface area contributed by atoms with Crippen LogP contribution in [0.4, 0.5) is 5.69 Å². The lowest BCUT2D eigenvalue weighted by atomic mass is 10.1. The van der Waals surface area contributed by atoms with Gasteiger partial charge in [-0.05, 0) is 58.3 Å². The zero-order valence-electron chi connectivity index (χ0n) is 20.4. The van der Waals surface area contributed by atoms with Gasteiger partial charge in [-0.25, -0.2) is 0 Å². The number of benzene rings is 2. The lowest BCUT2D eigenvalue weighted by Gasteiger charge is -2.23. The summed E-state index contributed by atoms with van der Waals surface area (Å²) in [5, 5.41) is 9.32. The Morgan fingerprint density at radius 3 is 2.65 bits per heavy atom. The van der Waals surface area contributed by atoms with Crippen LogP contribution in [0.2, 0.25) is 0 Å². The SMILES string of the molecule is CCn1c2ccccc2c2cc(NC(=O)[C@@H]3C/C(=N\OC)CN3C(=O)CCCN(C)C)ccc21. The molecule has 0 bridgehead atoms. The van der Waals surface area contributed by atoms with Crippen molar-refractivity contribution in [2.45, 2.75) is 38.8 Å². The number of hydrogen-bond donors (Lipinski definition) is 1. The lowest BCUT2D eigenvalue weighted by Crippen LogP contribution is -2.43. The molecule has 34 heavy (non-hydrogen) atoms. The van der Waals surface area contributed by atoms with Crippen LogP contribution in [0.5, 0.6) is 0 Å². The number of hydrogen-bond acceptors (Lipinski definition) is 5. The summed E-state index contributed by atoms with van der Waals surface area (Å²) < 4.78 is 2.27. The molecule has 8 nitrogen and oxygen atoms in total. The van der Waals surface area contributed by atoms with E-state index in [4.69, 9.17) is 4.84 Å². The summed E-state index contributed by atoms with van der Waals surface area (Å²) in [5.41, 5.74) is 3.72. The Kier molecular flexibility index (Phi) is 7.17. The first-order valence-electron chi connectivity index (χ1n) is 11.8. The van der Waals surface area contributed by atoms with Crippen molar-refractivity contribution in [2.24, 2.45) is 5.16 Å². The Hall–Kier alpha value is -3.39. The standard InChI is InChI=1S/C26H33N5O3/c1-5-30-22-10-7-6-9-20(22)21-15-18(12-13-23(21)30)27-26(33)24-16-19(28-34-4)17-31(24)25(32)11-8-14-29(2)3/h6-7,9-10,12-13,15,24H,5,8,11,14,16-17H2,1-4H3,(H,27,33)/b28-19+/t24-/m0/s1. The number of anilines is 1. The van der Waals surface area contributed by atoms with Crippen molar-refractivity contribution in [3.63, 3.8) is 0 Å². The van der Waals surface area contributed by atoms with Crippen molar-refractivity contribution in [2.75, 3.05) is 39.6 Å². The second kappa shape index (κ2) is 10.3. The van der Waals surface area contributed by atoms with Gasteiger partial charge in [-0.2, -0.15) is 0 Å². The van der Waals surface area contributed by atoms with Crippen molar-refractivity contribution >= 4 is 45.0 Å². The van der Waals surface area contributed by atoms with Crippen LogP contribution in [0.15, 0.2) is 47.6 Å². The maximum atomic E-state index is 13.3. The molecule has 180 valence electrons. The predicted molar refractivity (Wildman–Crippen MR) is 136 cm³/mol. The summed E-state index contributed by atoms with van der Waals surface area (Å²) in [6.07, 6.45) is 1.51. The first kappa shape index (κ1) is 23.8.